The van der Waals surface area contributed by atoms with Gasteiger partial charge in [-0.05, 0) is 36.8 Å². The summed E-state index contributed by atoms with van der Waals surface area (Å²) < 4.78 is 0. The van der Waals surface area contributed by atoms with E-state index in [9.17, 15) is 0 Å². The average molecular weight is 261 g/mol. The van der Waals surface area contributed by atoms with Gasteiger partial charge >= 0.3 is 0 Å². The van der Waals surface area contributed by atoms with Gasteiger partial charge in [-0.3, -0.25) is 0 Å². The molecule has 1 saturated carbocycles. The highest BCUT2D eigenvalue weighted by molar-refractivity contribution is 8.00. The van der Waals surface area contributed by atoms with Crippen molar-refractivity contribution in [3.05, 3.63) is 29.8 Å². The van der Waals surface area contributed by atoms with E-state index in [1.54, 1.807) is 0 Å². The zero-order valence-electron chi connectivity index (χ0n) is 11.0. The van der Waals surface area contributed by atoms with Crippen LogP contribution in [-0.4, -0.2) is 11.3 Å². The molecular formula is C16H23NS. The fraction of sp³-hybridized carbons (Fsp3) is 0.625. The maximum atomic E-state index is 6.58. The fourth-order valence-electron chi connectivity index (χ4n) is 3.42. The molecule has 0 amide bonds. The number of hydrogen-bond acceptors (Lipinski definition) is 2. The van der Waals surface area contributed by atoms with Crippen LogP contribution in [0.25, 0.3) is 0 Å². The molecule has 0 spiro atoms. The minimum absolute atomic E-state index is 0.389. The van der Waals surface area contributed by atoms with Gasteiger partial charge < -0.3 is 5.73 Å². The Kier molecular flexibility index (Phi) is 3.95. The summed E-state index contributed by atoms with van der Waals surface area (Å²) in [5, 5.41) is 0.616. The summed E-state index contributed by atoms with van der Waals surface area (Å²) >= 11 is 2.02. The molecule has 0 saturated heterocycles. The quantitative estimate of drug-likeness (QED) is 0.814. The van der Waals surface area contributed by atoms with Gasteiger partial charge in [0.2, 0.25) is 0 Å². The first-order valence-electron chi connectivity index (χ1n) is 7.35. The van der Waals surface area contributed by atoms with Gasteiger partial charge in [0, 0.05) is 16.2 Å². The number of hydrogen-bond donors (Lipinski definition) is 1. The standard InChI is InChI=1S/C16H23NS/c17-16(12-7-3-1-2-4-8-12)15-11-13-9-5-6-10-14(13)18-15/h5-6,9-10,12,15-16H,1-4,7-8,11,17H2. The van der Waals surface area contributed by atoms with Gasteiger partial charge in [-0.2, -0.15) is 0 Å². The van der Waals surface area contributed by atoms with Crippen molar-refractivity contribution in [1.29, 1.82) is 0 Å². The summed E-state index contributed by atoms with van der Waals surface area (Å²) in [5.41, 5.74) is 8.09. The second-order valence-corrected chi connectivity index (χ2v) is 7.08. The molecule has 0 bridgehead atoms. The van der Waals surface area contributed by atoms with Crippen LogP contribution in [0.2, 0.25) is 0 Å². The normalized spacial score (nSPS) is 26.6. The summed E-state index contributed by atoms with van der Waals surface area (Å²) in [6.45, 7) is 0. The maximum Gasteiger partial charge on any atom is 0.0289 e. The van der Waals surface area contributed by atoms with Crippen LogP contribution < -0.4 is 5.73 Å². The summed E-state index contributed by atoms with van der Waals surface area (Å²) in [4.78, 5) is 1.46. The lowest BCUT2D eigenvalue weighted by molar-refractivity contribution is 0.367. The molecule has 98 valence electrons. The van der Waals surface area contributed by atoms with Crippen molar-refractivity contribution in [3.63, 3.8) is 0 Å². The number of benzene rings is 1. The Hall–Kier alpha value is -0.470. The van der Waals surface area contributed by atoms with Crippen molar-refractivity contribution in [2.45, 2.75) is 61.1 Å². The Labute approximate surface area is 115 Å². The molecule has 2 aliphatic rings. The summed E-state index contributed by atoms with van der Waals surface area (Å²) in [6, 6.07) is 9.20. The lowest BCUT2D eigenvalue weighted by Crippen LogP contribution is -2.39. The Morgan fingerprint density at radius 1 is 1.06 bits per heavy atom. The monoisotopic (exact) mass is 261 g/mol. The van der Waals surface area contributed by atoms with Crippen molar-refractivity contribution in [3.8, 4) is 0 Å². The van der Waals surface area contributed by atoms with E-state index in [-0.39, 0.29) is 0 Å². The molecule has 18 heavy (non-hydrogen) atoms. The number of rotatable bonds is 2. The van der Waals surface area contributed by atoms with Crippen molar-refractivity contribution in [2.75, 3.05) is 0 Å². The largest absolute Gasteiger partial charge is 0.326 e. The van der Waals surface area contributed by atoms with Crippen LogP contribution in [0.1, 0.15) is 44.1 Å². The SMILES string of the molecule is NC(C1CCCCCC1)C1Cc2ccccc2S1. The molecule has 1 nitrogen and oxygen atoms in total. The van der Waals surface area contributed by atoms with Crippen LogP contribution in [0, 0.1) is 5.92 Å². The molecule has 1 fully saturated rings. The number of thioether (sulfide) groups is 1. The van der Waals surface area contributed by atoms with E-state index in [1.165, 1.54) is 55.4 Å². The lowest BCUT2D eigenvalue weighted by atomic mass is 9.88. The smallest absolute Gasteiger partial charge is 0.0289 e. The first-order chi connectivity index (χ1) is 8.84. The van der Waals surface area contributed by atoms with Gasteiger partial charge in [-0.15, -0.1) is 11.8 Å². The Morgan fingerprint density at radius 3 is 2.50 bits per heavy atom. The average Bonchev–Trinajstić information content (AvgIpc) is 2.64. The minimum Gasteiger partial charge on any atom is -0.326 e. The van der Waals surface area contributed by atoms with E-state index in [4.69, 9.17) is 5.73 Å². The highest BCUT2D eigenvalue weighted by Gasteiger charge is 2.32. The Bertz CT molecular complexity index is 371. The van der Waals surface area contributed by atoms with Crippen LogP contribution in [0.5, 0.6) is 0 Å². The molecule has 1 aliphatic carbocycles. The molecule has 1 aromatic carbocycles. The lowest BCUT2D eigenvalue weighted by Gasteiger charge is -2.27. The molecule has 0 aromatic heterocycles. The molecule has 0 radical (unpaired) electrons. The third-order valence-corrected chi connectivity index (χ3v) is 5.98. The van der Waals surface area contributed by atoms with Gasteiger partial charge in [-0.1, -0.05) is 43.9 Å². The van der Waals surface area contributed by atoms with E-state index in [0.29, 0.717) is 11.3 Å². The fourth-order valence-corrected chi connectivity index (χ4v) is 4.85. The zero-order chi connectivity index (χ0) is 12.4. The summed E-state index contributed by atoms with van der Waals surface area (Å²) in [6.07, 6.45) is 9.51. The molecule has 1 aromatic rings. The highest BCUT2D eigenvalue weighted by atomic mass is 32.2. The predicted octanol–water partition coefficient (Wildman–Crippen LogP) is 4.00. The van der Waals surface area contributed by atoms with Crippen molar-refractivity contribution in [1.82, 2.24) is 0 Å². The van der Waals surface area contributed by atoms with E-state index < -0.39 is 0 Å². The van der Waals surface area contributed by atoms with E-state index in [2.05, 4.69) is 24.3 Å². The second-order valence-electron chi connectivity index (χ2n) is 5.80. The van der Waals surface area contributed by atoms with Gasteiger partial charge in [-0.25, -0.2) is 0 Å². The molecule has 1 heterocycles. The third-order valence-electron chi connectivity index (χ3n) is 4.55. The predicted molar refractivity (Wildman–Crippen MR) is 79.0 cm³/mol. The molecule has 2 atom stereocenters. The molecule has 2 heteroatoms. The topological polar surface area (TPSA) is 26.0 Å². The maximum absolute atomic E-state index is 6.58. The van der Waals surface area contributed by atoms with Crippen LogP contribution in [0.15, 0.2) is 29.2 Å². The van der Waals surface area contributed by atoms with Crippen LogP contribution in [-0.2, 0) is 6.42 Å². The van der Waals surface area contributed by atoms with Gasteiger partial charge in [0.25, 0.3) is 0 Å². The van der Waals surface area contributed by atoms with E-state index in [0.717, 1.165) is 5.92 Å². The van der Waals surface area contributed by atoms with Crippen molar-refractivity contribution >= 4 is 11.8 Å². The highest BCUT2D eigenvalue weighted by Crippen LogP contribution is 2.40. The Balaban J connectivity index is 1.66. The van der Waals surface area contributed by atoms with Gasteiger partial charge in [0.15, 0.2) is 0 Å². The van der Waals surface area contributed by atoms with Crippen molar-refractivity contribution in [2.24, 2.45) is 11.7 Å². The molecular weight excluding hydrogens is 238 g/mol. The van der Waals surface area contributed by atoms with E-state index in [1.807, 2.05) is 11.8 Å². The molecule has 1 aliphatic heterocycles. The minimum atomic E-state index is 0.389. The second kappa shape index (κ2) is 5.66. The van der Waals surface area contributed by atoms with Gasteiger partial charge in [0.05, 0.1) is 0 Å². The molecule has 2 N–H and O–H groups in total. The molecule has 3 rings (SSSR count). The van der Waals surface area contributed by atoms with Crippen LogP contribution in [0.4, 0.5) is 0 Å². The van der Waals surface area contributed by atoms with Crippen LogP contribution in [0.3, 0.4) is 0 Å². The van der Waals surface area contributed by atoms with E-state index >= 15 is 0 Å². The number of nitrogens with two attached hydrogens (primary N) is 1. The summed E-state index contributed by atoms with van der Waals surface area (Å²) in [5.74, 6) is 0.763. The zero-order valence-corrected chi connectivity index (χ0v) is 11.8. The number of fused-ring (bicyclic) bond motifs is 1. The first-order valence-corrected chi connectivity index (χ1v) is 8.23. The van der Waals surface area contributed by atoms with Crippen molar-refractivity contribution < 1.29 is 0 Å². The third kappa shape index (κ3) is 2.60. The summed E-state index contributed by atoms with van der Waals surface area (Å²) in [7, 11) is 0. The van der Waals surface area contributed by atoms with Gasteiger partial charge in [0.1, 0.15) is 0 Å². The van der Waals surface area contributed by atoms with Crippen LogP contribution >= 0.6 is 11.8 Å². The molecule has 2 unspecified atom stereocenters. The Morgan fingerprint density at radius 2 is 1.78 bits per heavy atom. The first kappa shape index (κ1) is 12.6.